The van der Waals surface area contributed by atoms with Crippen molar-refractivity contribution in [3.63, 3.8) is 0 Å². The van der Waals surface area contributed by atoms with Crippen LogP contribution in [0.4, 0.5) is 11.6 Å². The van der Waals surface area contributed by atoms with E-state index in [1.165, 1.54) is 6.92 Å². The monoisotopic (exact) mass is 392 g/mol. The number of nitrogens with one attached hydrogen (secondary N) is 2. The molecule has 0 saturated heterocycles. The average Bonchev–Trinajstić information content (AvgIpc) is 3.25. The summed E-state index contributed by atoms with van der Waals surface area (Å²) in [5, 5.41) is 10.7. The van der Waals surface area contributed by atoms with Gasteiger partial charge >= 0.3 is 0 Å². The van der Waals surface area contributed by atoms with Crippen LogP contribution in [0.5, 0.6) is 0 Å². The fourth-order valence-electron chi connectivity index (χ4n) is 3.85. The van der Waals surface area contributed by atoms with Crippen molar-refractivity contribution >= 4 is 34.4 Å². The lowest BCUT2D eigenvalue weighted by Gasteiger charge is -2.27. The van der Waals surface area contributed by atoms with Crippen molar-refractivity contribution in [3.8, 4) is 0 Å². The molecule has 0 aliphatic carbocycles. The summed E-state index contributed by atoms with van der Waals surface area (Å²) in [5.41, 5.74) is 4.25. The molecule has 150 valence electrons. The quantitative estimate of drug-likeness (QED) is 0.494. The predicted octanol–water partition coefficient (Wildman–Crippen LogP) is 3.56. The van der Waals surface area contributed by atoms with Gasteiger partial charge in [0.05, 0.1) is 28.5 Å². The van der Waals surface area contributed by atoms with Gasteiger partial charge in [-0.2, -0.15) is 5.10 Å². The van der Waals surface area contributed by atoms with Gasteiger partial charge in [-0.3, -0.25) is 19.6 Å². The van der Waals surface area contributed by atoms with E-state index in [4.69, 9.17) is 0 Å². The van der Waals surface area contributed by atoms with E-state index in [0.29, 0.717) is 35.8 Å². The van der Waals surface area contributed by atoms with Crippen molar-refractivity contribution in [2.45, 2.75) is 39.8 Å². The fourth-order valence-corrected chi connectivity index (χ4v) is 3.85. The number of aromatic nitrogens is 4. The average molecular weight is 392 g/mol. The molecule has 0 spiro atoms. The number of ketones is 1. The standard InChI is InChI=1S/C21H24N6O2/c1-5-7-15-11-22-16-9-14(13(4)28)10-17-19(16)27(15)21(23-17)24-20(29)18-8-12(3)25-26(18)6-2/h5,8-10,15,22H,1,6-7,11H2,2-4H3,(H,23,24,29)/t15-/m0/s1. The third-order valence-corrected chi connectivity index (χ3v) is 5.18. The Hall–Kier alpha value is -3.42. The zero-order valence-electron chi connectivity index (χ0n) is 16.8. The third kappa shape index (κ3) is 3.20. The summed E-state index contributed by atoms with van der Waals surface area (Å²) in [6.07, 6.45) is 2.58. The number of hydrogen-bond donors (Lipinski definition) is 2. The van der Waals surface area contributed by atoms with Gasteiger partial charge in [-0.25, -0.2) is 4.98 Å². The van der Waals surface area contributed by atoms with Crippen LogP contribution in [0.1, 0.15) is 52.9 Å². The maximum atomic E-state index is 13.0. The van der Waals surface area contributed by atoms with Crippen LogP contribution in [-0.2, 0) is 6.54 Å². The second kappa shape index (κ2) is 7.20. The molecule has 1 aliphatic heterocycles. The molecule has 0 unspecified atom stereocenters. The maximum absolute atomic E-state index is 13.0. The Labute approximate surface area is 168 Å². The van der Waals surface area contributed by atoms with Crippen molar-refractivity contribution in [2.24, 2.45) is 0 Å². The molecule has 8 nitrogen and oxygen atoms in total. The van der Waals surface area contributed by atoms with E-state index < -0.39 is 0 Å². The van der Waals surface area contributed by atoms with Gasteiger partial charge in [0, 0.05) is 18.7 Å². The van der Waals surface area contributed by atoms with Gasteiger partial charge in [0.15, 0.2) is 5.78 Å². The zero-order valence-corrected chi connectivity index (χ0v) is 16.8. The van der Waals surface area contributed by atoms with Gasteiger partial charge in [0.1, 0.15) is 5.69 Å². The van der Waals surface area contributed by atoms with E-state index in [2.05, 4.69) is 27.3 Å². The highest BCUT2D eigenvalue weighted by molar-refractivity contribution is 6.05. The number of aryl methyl sites for hydroxylation is 2. The summed E-state index contributed by atoms with van der Waals surface area (Å²) in [7, 11) is 0. The van der Waals surface area contributed by atoms with E-state index in [-0.39, 0.29) is 17.7 Å². The molecule has 2 aromatic heterocycles. The molecule has 0 bridgehead atoms. The molecular formula is C21H24N6O2. The number of anilines is 2. The lowest BCUT2D eigenvalue weighted by atomic mass is 10.1. The molecule has 0 fully saturated rings. The number of allylic oxidation sites excluding steroid dienone is 1. The first kappa shape index (κ1) is 18.9. The SMILES string of the molecule is C=CC[C@H]1CNc2cc(C(C)=O)cc3nc(NC(=O)c4cc(C)nn4CC)n1c23. The first-order chi connectivity index (χ1) is 13.9. The summed E-state index contributed by atoms with van der Waals surface area (Å²) >= 11 is 0. The molecule has 8 heteroatoms. The minimum Gasteiger partial charge on any atom is -0.381 e. The van der Waals surface area contributed by atoms with Gasteiger partial charge in [0.2, 0.25) is 5.95 Å². The molecule has 1 amide bonds. The normalized spacial score (nSPS) is 15.2. The summed E-state index contributed by atoms with van der Waals surface area (Å²) in [6.45, 7) is 10.4. The number of Topliss-reactive ketones (excluding diaryl/α,β-unsaturated/α-hetero) is 1. The van der Waals surface area contributed by atoms with Crippen molar-refractivity contribution in [2.75, 3.05) is 17.2 Å². The lowest BCUT2D eigenvalue weighted by Crippen LogP contribution is -2.27. The highest BCUT2D eigenvalue weighted by Gasteiger charge is 2.27. The van der Waals surface area contributed by atoms with Crippen LogP contribution >= 0.6 is 0 Å². The number of nitrogens with zero attached hydrogens (tertiary/aromatic N) is 4. The molecule has 29 heavy (non-hydrogen) atoms. The Morgan fingerprint density at radius 1 is 1.38 bits per heavy atom. The number of imidazole rings is 1. The molecule has 1 aliphatic rings. The van der Waals surface area contributed by atoms with Crippen LogP contribution < -0.4 is 10.6 Å². The summed E-state index contributed by atoms with van der Waals surface area (Å²) in [6, 6.07) is 5.43. The highest BCUT2D eigenvalue weighted by atomic mass is 16.2. The predicted molar refractivity (Wildman–Crippen MR) is 113 cm³/mol. The minimum atomic E-state index is -0.261. The van der Waals surface area contributed by atoms with Crippen molar-refractivity contribution in [3.05, 3.63) is 47.8 Å². The molecule has 0 radical (unpaired) electrons. The Bertz CT molecular complexity index is 1140. The number of amides is 1. The van der Waals surface area contributed by atoms with Crippen LogP contribution in [0.2, 0.25) is 0 Å². The number of benzene rings is 1. The Morgan fingerprint density at radius 3 is 2.86 bits per heavy atom. The van der Waals surface area contributed by atoms with Gasteiger partial charge in [-0.15, -0.1) is 6.58 Å². The molecule has 0 saturated carbocycles. The van der Waals surface area contributed by atoms with Gasteiger partial charge in [0.25, 0.3) is 5.91 Å². The van der Waals surface area contributed by atoms with Crippen molar-refractivity contribution in [1.29, 1.82) is 0 Å². The molecule has 2 N–H and O–H groups in total. The van der Waals surface area contributed by atoms with Gasteiger partial charge in [-0.05, 0) is 45.4 Å². The van der Waals surface area contributed by atoms with Crippen LogP contribution in [0.25, 0.3) is 11.0 Å². The Kier molecular flexibility index (Phi) is 4.70. The number of hydrogen-bond acceptors (Lipinski definition) is 5. The molecule has 4 rings (SSSR count). The van der Waals surface area contributed by atoms with Crippen LogP contribution in [0.15, 0.2) is 30.9 Å². The topological polar surface area (TPSA) is 93.8 Å². The maximum Gasteiger partial charge on any atom is 0.276 e. The van der Waals surface area contributed by atoms with Crippen molar-refractivity contribution < 1.29 is 9.59 Å². The minimum absolute atomic E-state index is 0.0272. The molecule has 3 heterocycles. The highest BCUT2D eigenvalue weighted by Crippen LogP contribution is 2.36. The summed E-state index contributed by atoms with van der Waals surface area (Å²) in [5.74, 6) is 0.172. The van der Waals surface area contributed by atoms with Crippen LogP contribution in [0, 0.1) is 6.92 Å². The van der Waals surface area contributed by atoms with Gasteiger partial charge in [-0.1, -0.05) is 6.08 Å². The molecular weight excluding hydrogens is 368 g/mol. The molecule has 1 aromatic carbocycles. The zero-order chi connectivity index (χ0) is 20.7. The second-order valence-electron chi connectivity index (χ2n) is 7.25. The second-order valence-corrected chi connectivity index (χ2v) is 7.25. The lowest BCUT2D eigenvalue weighted by molar-refractivity contribution is 0.100. The first-order valence-electron chi connectivity index (χ1n) is 9.70. The van der Waals surface area contributed by atoms with Crippen molar-refractivity contribution in [1.82, 2.24) is 19.3 Å². The number of carbonyl (C=O) groups excluding carboxylic acids is 2. The Balaban J connectivity index is 1.82. The molecule has 3 aromatic rings. The van der Waals surface area contributed by atoms with E-state index in [9.17, 15) is 9.59 Å². The third-order valence-electron chi connectivity index (χ3n) is 5.18. The van der Waals surface area contributed by atoms with Crippen LogP contribution in [0.3, 0.4) is 0 Å². The smallest absolute Gasteiger partial charge is 0.276 e. The van der Waals surface area contributed by atoms with E-state index >= 15 is 0 Å². The fraction of sp³-hybridized carbons (Fsp3) is 0.333. The van der Waals surface area contributed by atoms with Gasteiger partial charge < -0.3 is 9.88 Å². The Morgan fingerprint density at radius 2 is 2.17 bits per heavy atom. The van der Waals surface area contributed by atoms with Crippen LogP contribution in [-0.4, -0.2) is 37.6 Å². The van der Waals surface area contributed by atoms with E-state index in [1.54, 1.807) is 16.8 Å². The summed E-state index contributed by atoms with van der Waals surface area (Å²) < 4.78 is 3.70. The van der Waals surface area contributed by atoms with E-state index in [0.717, 1.165) is 23.3 Å². The first-order valence-corrected chi connectivity index (χ1v) is 9.70. The van der Waals surface area contributed by atoms with E-state index in [1.807, 2.05) is 30.6 Å². The molecule has 1 atom stereocenters. The summed E-state index contributed by atoms with van der Waals surface area (Å²) in [4.78, 5) is 29.6. The number of carbonyl (C=O) groups is 2. The largest absolute Gasteiger partial charge is 0.381 e. The number of rotatable bonds is 6.